The van der Waals surface area contributed by atoms with Gasteiger partial charge in [-0.25, -0.2) is 4.39 Å². The molecule has 2 heterocycles. The number of aryl methyl sites for hydroxylation is 1. The third kappa shape index (κ3) is 2.72. The Morgan fingerprint density at radius 1 is 1.41 bits per heavy atom. The van der Waals surface area contributed by atoms with Crippen molar-refractivity contribution in [2.45, 2.75) is 13.5 Å². The van der Waals surface area contributed by atoms with Crippen LogP contribution in [0.1, 0.15) is 28.8 Å². The maximum atomic E-state index is 13.5. The number of rotatable bonds is 3. The predicted molar refractivity (Wildman–Crippen MR) is 72.4 cm³/mol. The lowest BCUT2D eigenvalue weighted by molar-refractivity contribution is 0.0996. The lowest BCUT2D eigenvalue weighted by atomic mass is 10.2. The normalized spacial score (nSPS) is 9.82. The molecule has 0 aliphatic heterocycles. The number of pyridine rings is 1. The van der Waals surface area contributed by atoms with Gasteiger partial charge in [0.05, 0.1) is 5.69 Å². The Bertz CT molecular complexity index is 851. The molecule has 1 N–H and O–H groups in total. The van der Waals surface area contributed by atoms with Crippen LogP contribution < -0.4 is 10.9 Å². The third-order valence-corrected chi connectivity index (χ3v) is 2.82. The van der Waals surface area contributed by atoms with E-state index in [1.807, 2.05) is 0 Å². The molecule has 0 spiro atoms. The Morgan fingerprint density at radius 2 is 2.14 bits per heavy atom. The van der Waals surface area contributed by atoms with Crippen LogP contribution in [0.4, 0.5) is 10.1 Å². The molecule has 0 fully saturated rings. The summed E-state index contributed by atoms with van der Waals surface area (Å²) in [5, 5.41) is 19.9. The van der Waals surface area contributed by atoms with Crippen molar-refractivity contribution in [3.8, 4) is 12.1 Å². The first kappa shape index (κ1) is 15.0. The van der Waals surface area contributed by atoms with Crippen LogP contribution in [0.3, 0.4) is 0 Å². The van der Waals surface area contributed by atoms with Crippen molar-refractivity contribution in [1.82, 2.24) is 4.57 Å². The molecule has 0 aromatic carbocycles. The minimum atomic E-state index is -1.01. The first-order valence-corrected chi connectivity index (χ1v) is 6.15. The van der Waals surface area contributed by atoms with Gasteiger partial charge in [-0.2, -0.15) is 10.5 Å². The van der Waals surface area contributed by atoms with Crippen LogP contribution >= 0.6 is 0 Å². The van der Waals surface area contributed by atoms with Gasteiger partial charge in [-0.05, 0) is 6.92 Å². The molecule has 1 amide bonds. The van der Waals surface area contributed by atoms with Crippen molar-refractivity contribution in [3.63, 3.8) is 0 Å². The van der Waals surface area contributed by atoms with E-state index in [1.165, 1.54) is 6.20 Å². The molecule has 0 unspecified atom stereocenters. The maximum Gasteiger partial charge on any atom is 0.291 e. The van der Waals surface area contributed by atoms with Gasteiger partial charge in [0.15, 0.2) is 11.6 Å². The van der Waals surface area contributed by atoms with Crippen molar-refractivity contribution in [2.75, 3.05) is 5.32 Å². The zero-order valence-corrected chi connectivity index (χ0v) is 11.4. The van der Waals surface area contributed by atoms with Crippen LogP contribution in [0.2, 0.25) is 0 Å². The number of nitriles is 2. The van der Waals surface area contributed by atoms with Crippen LogP contribution in [0.5, 0.6) is 0 Å². The van der Waals surface area contributed by atoms with Crippen molar-refractivity contribution in [3.05, 3.63) is 51.6 Å². The Hall–Kier alpha value is -3.39. The highest BCUT2D eigenvalue weighted by molar-refractivity contribution is 6.02. The minimum Gasteiger partial charge on any atom is -0.439 e. The lowest BCUT2D eigenvalue weighted by Gasteiger charge is -2.07. The summed E-state index contributed by atoms with van der Waals surface area (Å²) in [4.78, 5) is 23.4. The highest BCUT2D eigenvalue weighted by atomic mass is 19.1. The molecular weight excluding hydrogens is 291 g/mol. The number of anilines is 1. The Labute approximate surface area is 123 Å². The Morgan fingerprint density at radius 3 is 2.68 bits per heavy atom. The molecule has 2 aromatic rings. The van der Waals surface area contributed by atoms with Gasteiger partial charge in [-0.3, -0.25) is 9.59 Å². The average Bonchev–Trinajstić information content (AvgIpc) is 2.94. The molecule has 0 aliphatic rings. The zero-order valence-electron chi connectivity index (χ0n) is 11.4. The molecule has 2 rings (SSSR count). The standard InChI is InChI=1S/C14H9FN4O3/c1-2-19-7-9(4-10(15)14(19)21)18-13(20)11-3-8(5-16)12(6-17)22-11/h3-4,7H,2H2,1H3,(H,18,20). The van der Waals surface area contributed by atoms with Crippen LogP contribution in [0.15, 0.2) is 27.5 Å². The maximum absolute atomic E-state index is 13.5. The minimum absolute atomic E-state index is 0.0531. The molecule has 0 saturated heterocycles. The van der Waals surface area contributed by atoms with Crippen LogP contribution in [0.25, 0.3) is 0 Å². The predicted octanol–water partition coefficient (Wildman–Crippen LogP) is 1.60. The molecule has 8 heteroatoms. The number of carbonyl (C=O) groups excluding carboxylic acids is 1. The van der Waals surface area contributed by atoms with Crippen molar-refractivity contribution < 1.29 is 13.6 Å². The van der Waals surface area contributed by atoms with Gasteiger partial charge >= 0.3 is 0 Å². The van der Waals surface area contributed by atoms with Gasteiger partial charge in [0, 0.05) is 24.9 Å². The van der Waals surface area contributed by atoms with E-state index in [0.717, 1.165) is 16.7 Å². The first-order valence-electron chi connectivity index (χ1n) is 6.15. The average molecular weight is 300 g/mol. The monoisotopic (exact) mass is 300 g/mol. The molecular formula is C14H9FN4O3. The third-order valence-electron chi connectivity index (χ3n) is 2.82. The van der Waals surface area contributed by atoms with Gasteiger partial charge in [-0.1, -0.05) is 0 Å². The van der Waals surface area contributed by atoms with E-state index in [4.69, 9.17) is 14.9 Å². The number of furan rings is 1. The Kier molecular flexibility index (Phi) is 4.05. The smallest absolute Gasteiger partial charge is 0.291 e. The van der Waals surface area contributed by atoms with Crippen molar-refractivity contribution in [1.29, 1.82) is 10.5 Å². The largest absolute Gasteiger partial charge is 0.439 e. The summed E-state index contributed by atoms with van der Waals surface area (Å²) in [5.41, 5.74) is -0.813. The molecule has 0 bridgehead atoms. The summed E-state index contributed by atoms with van der Waals surface area (Å²) in [6.45, 7) is 1.88. The van der Waals surface area contributed by atoms with E-state index in [0.29, 0.717) is 0 Å². The molecule has 7 nitrogen and oxygen atoms in total. The van der Waals surface area contributed by atoms with Crippen molar-refractivity contribution >= 4 is 11.6 Å². The highest BCUT2D eigenvalue weighted by Gasteiger charge is 2.17. The summed E-state index contributed by atoms with van der Waals surface area (Å²) in [6.07, 6.45) is 1.28. The number of carbonyl (C=O) groups is 1. The van der Waals surface area contributed by atoms with Gasteiger partial charge in [0.25, 0.3) is 11.5 Å². The fraction of sp³-hybridized carbons (Fsp3) is 0.143. The summed E-state index contributed by atoms with van der Waals surface area (Å²) in [5.74, 6) is -2.31. The highest BCUT2D eigenvalue weighted by Crippen LogP contribution is 2.16. The van der Waals surface area contributed by atoms with Gasteiger partial charge < -0.3 is 14.3 Å². The number of halogens is 1. The quantitative estimate of drug-likeness (QED) is 0.925. The van der Waals surface area contributed by atoms with E-state index in [9.17, 15) is 14.0 Å². The molecule has 0 saturated carbocycles. The van der Waals surface area contributed by atoms with Gasteiger partial charge in [0.2, 0.25) is 5.76 Å². The number of aromatic nitrogens is 1. The number of amides is 1. The number of nitrogens with one attached hydrogen (secondary N) is 1. The number of hydrogen-bond acceptors (Lipinski definition) is 5. The fourth-order valence-electron chi connectivity index (χ4n) is 1.76. The van der Waals surface area contributed by atoms with Gasteiger partial charge in [0.1, 0.15) is 17.7 Å². The summed E-state index contributed by atoms with van der Waals surface area (Å²) in [6, 6.07) is 5.36. The molecule has 0 atom stereocenters. The second-order valence-corrected chi connectivity index (χ2v) is 4.20. The SMILES string of the molecule is CCn1cc(NC(=O)c2cc(C#N)c(C#N)o2)cc(F)c1=O. The van der Waals surface area contributed by atoms with Crippen LogP contribution in [0, 0.1) is 28.5 Å². The second kappa shape index (κ2) is 5.94. The van der Waals surface area contributed by atoms with E-state index >= 15 is 0 Å². The molecule has 0 radical (unpaired) electrons. The van der Waals surface area contributed by atoms with E-state index < -0.39 is 17.3 Å². The number of hydrogen-bond donors (Lipinski definition) is 1. The second-order valence-electron chi connectivity index (χ2n) is 4.20. The fourth-order valence-corrected chi connectivity index (χ4v) is 1.76. The van der Waals surface area contributed by atoms with Gasteiger partial charge in [-0.15, -0.1) is 0 Å². The van der Waals surface area contributed by atoms with E-state index in [-0.39, 0.29) is 29.3 Å². The number of nitrogens with zero attached hydrogens (tertiary/aromatic N) is 3. The summed E-state index contributed by atoms with van der Waals surface area (Å²) in [7, 11) is 0. The topological polar surface area (TPSA) is 112 Å². The summed E-state index contributed by atoms with van der Waals surface area (Å²) < 4.78 is 19.5. The molecule has 110 valence electrons. The van der Waals surface area contributed by atoms with Crippen LogP contribution in [-0.2, 0) is 6.54 Å². The lowest BCUT2D eigenvalue weighted by Crippen LogP contribution is -2.23. The molecule has 0 aliphatic carbocycles. The first-order chi connectivity index (χ1) is 10.5. The van der Waals surface area contributed by atoms with Crippen molar-refractivity contribution in [2.24, 2.45) is 0 Å². The molecule has 2 aromatic heterocycles. The summed E-state index contributed by atoms with van der Waals surface area (Å²) >= 11 is 0. The Balaban J connectivity index is 2.32. The van der Waals surface area contributed by atoms with E-state index in [1.54, 1.807) is 19.1 Å². The molecule has 22 heavy (non-hydrogen) atoms. The van der Waals surface area contributed by atoms with Crippen LogP contribution in [-0.4, -0.2) is 10.5 Å². The zero-order chi connectivity index (χ0) is 16.3. The van der Waals surface area contributed by atoms with E-state index in [2.05, 4.69) is 5.32 Å².